The molecule has 4 N–H and O–H groups in total. The van der Waals surface area contributed by atoms with Gasteiger partial charge in [-0.15, -0.1) is 0 Å². The quantitative estimate of drug-likeness (QED) is 0.643. The highest BCUT2D eigenvalue weighted by molar-refractivity contribution is 5.52. The topological polar surface area (TPSA) is 75.7 Å². The zero-order chi connectivity index (χ0) is 19.5. The van der Waals surface area contributed by atoms with Crippen molar-refractivity contribution in [3.63, 3.8) is 0 Å². The van der Waals surface area contributed by atoms with Crippen molar-refractivity contribution in [3.05, 3.63) is 47.5 Å². The largest absolute Gasteiger partial charge is 0.508 e. The van der Waals surface area contributed by atoms with Gasteiger partial charge in [-0.05, 0) is 97.6 Å². The lowest BCUT2D eigenvalue weighted by atomic mass is 9.55. The van der Waals surface area contributed by atoms with Crippen molar-refractivity contribution in [1.29, 1.82) is 0 Å². The molecule has 3 aliphatic rings. The Morgan fingerprint density at radius 1 is 1.07 bits per heavy atom. The summed E-state index contributed by atoms with van der Waals surface area (Å²) in [7, 11) is 0. The second-order valence-corrected chi connectivity index (χ2v) is 9.24. The zero-order valence-electron chi connectivity index (χ0n) is 16.4. The van der Waals surface area contributed by atoms with Gasteiger partial charge in [-0.1, -0.05) is 6.92 Å². The van der Waals surface area contributed by atoms with Gasteiger partial charge in [0.1, 0.15) is 17.2 Å². The van der Waals surface area contributed by atoms with E-state index in [1.165, 1.54) is 11.1 Å². The molecule has 5 rings (SSSR count). The molecule has 2 saturated carbocycles. The molecule has 0 heterocycles. The number of rotatable bonds is 2. The fraction of sp³-hybridized carbons (Fsp3) is 0.500. The van der Waals surface area contributed by atoms with E-state index in [2.05, 4.69) is 6.92 Å². The number of aromatic hydroxyl groups is 1. The number of aryl methyl sites for hydroxylation is 1. The predicted octanol–water partition coefficient (Wildman–Crippen LogP) is 4.98. The van der Waals surface area contributed by atoms with E-state index in [4.69, 9.17) is 10.5 Å². The van der Waals surface area contributed by atoms with Gasteiger partial charge in [-0.3, -0.25) is 0 Å². The summed E-state index contributed by atoms with van der Waals surface area (Å²) in [5.41, 5.74) is 9.06. The number of nitrogens with two attached hydrogens (primary N) is 1. The van der Waals surface area contributed by atoms with Crippen molar-refractivity contribution in [2.45, 2.75) is 57.5 Å². The maximum absolute atomic E-state index is 10.6. The van der Waals surface area contributed by atoms with Crippen LogP contribution in [0.3, 0.4) is 0 Å². The van der Waals surface area contributed by atoms with Gasteiger partial charge in [0.25, 0.3) is 0 Å². The van der Waals surface area contributed by atoms with E-state index in [0.717, 1.165) is 50.0 Å². The van der Waals surface area contributed by atoms with E-state index in [0.29, 0.717) is 23.4 Å². The molecule has 4 nitrogen and oxygen atoms in total. The molecule has 0 aliphatic heterocycles. The van der Waals surface area contributed by atoms with Crippen LogP contribution in [0.5, 0.6) is 17.2 Å². The van der Waals surface area contributed by atoms with Crippen LogP contribution in [0.2, 0.25) is 0 Å². The number of ether oxygens (including phenoxy) is 1. The molecule has 0 spiro atoms. The molecular weight excluding hydrogens is 350 g/mol. The van der Waals surface area contributed by atoms with Gasteiger partial charge in [0.15, 0.2) is 0 Å². The van der Waals surface area contributed by atoms with Crippen molar-refractivity contribution in [2.75, 3.05) is 5.73 Å². The average molecular weight is 380 g/mol. The fourth-order valence-corrected chi connectivity index (χ4v) is 6.39. The van der Waals surface area contributed by atoms with Crippen molar-refractivity contribution in [2.24, 2.45) is 17.3 Å². The number of phenols is 1. The number of hydrogen-bond acceptors (Lipinski definition) is 4. The van der Waals surface area contributed by atoms with E-state index in [1.54, 1.807) is 6.07 Å². The van der Waals surface area contributed by atoms with Gasteiger partial charge in [0.2, 0.25) is 0 Å². The van der Waals surface area contributed by atoms with Crippen molar-refractivity contribution in [3.8, 4) is 17.2 Å². The second kappa shape index (κ2) is 6.41. The maximum atomic E-state index is 10.6. The van der Waals surface area contributed by atoms with Crippen LogP contribution in [0.4, 0.5) is 5.69 Å². The summed E-state index contributed by atoms with van der Waals surface area (Å²) in [5, 5.41) is 20.9. The van der Waals surface area contributed by atoms with Crippen LogP contribution in [0.15, 0.2) is 36.4 Å². The number of hydrogen-bond donors (Lipinski definition) is 3. The number of aliphatic hydroxyl groups is 1. The lowest BCUT2D eigenvalue weighted by Gasteiger charge is -2.50. The van der Waals surface area contributed by atoms with Crippen molar-refractivity contribution in [1.82, 2.24) is 0 Å². The van der Waals surface area contributed by atoms with Gasteiger partial charge in [-0.2, -0.15) is 0 Å². The molecule has 2 fully saturated rings. The lowest BCUT2D eigenvalue weighted by Crippen LogP contribution is -2.44. The molecule has 0 amide bonds. The highest BCUT2D eigenvalue weighted by Crippen LogP contribution is 2.62. The Balaban J connectivity index is 1.53. The molecule has 0 bridgehead atoms. The minimum atomic E-state index is -0.162. The molecule has 0 saturated heterocycles. The van der Waals surface area contributed by atoms with Crippen molar-refractivity contribution >= 4 is 5.69 Å². The summed E-state index contributed by atoms with van der Waals surface area (Å²) in [5.74, 6) is 3.38. The van der Waals surface area contributed by atoms with Crippen LogP contribution in [-0.4, -0.2) is 16.3 Å². The third kappa shape index (κ3) is 2.69. The smallest absolute Gasteiger partial charge is 0.134 e. The van der Waals surface area contributed by atoms with Gasteiger partial charge < -0.3 is 20.7 Å². The first-order valence-corrected chi connectivity index (χ1v) is 10.5. The van der Waals surface area contributed by atoms with E-state index < -0.39 is 0 Å². The standard InChI is InChI=1S/C24H29NO3/c1-24-11-10-19-18(20(24)8-9-22(24)27)7-2-14-12-16(26)13-21(23(14)19)28-17-5-3-15(25)4-6-17/h3-6,12-13,18-20,22,26-27H,2,7-11,25H2,1H3/t18-,19+,20+,22+,24+/m1/s1. The normalized spacial score (nSPS) is 33.6. The zero-order valence-corrected chi connectivity index (χ0v) is 16.4. The van der Waals surface area contributed by atoms with Crippen LogP contribution in [0.25, 0.3) is 0 Å². The summed E-state index contributed by atoms with van der Waals surface area (Å²) >= 11 is 0. The molecule has 0 radical (unpaired) electrons. The Morgan fingerprint density at radius 2 is 1.86 bits per heavy atom. The maximum Gasteiger partial charge on any atom is 0.134 e. The first-order chi connectivity index (χ1) is 13.5. The molecule has 28 heavy (non-hydrogen) atoms. The van der Waals surface area contributed by atoms with Crippen LogP contribution in [0.1, 0.15) is 56.1 Å². The minimum Gasteiger partial charge on any atom is -0.508 e. The van der Waals surface area contributed by atoms with Crippen LogP contribution >= 0.6 is 0 Å². The minimum absolute atomic E-state index is 0.0631. The SMILES string of the molecule is C[C@]12CC[C@@H]3c4c(cc(O)cc4Oc4ccc(N)cc4)CC[C@H]3[C@@H]1CC[C@@H]2O. The third-order valence-electron chi connectivity index (χ3n) is 7.83. The summed E-state index contributed by atoms with van der Waals surface area (Å²) < 4.78 is 6.25. The summed E-state index contributed by atoms with van der Waals surface area (Å²) in [6.45, 7) is 2.30. The van der Waals surface area contributed by atoms with Gasteiger partial charge in [-0.25, -0.2) is 0 Å². The van der Waals surface area contributed by atoms with Crippen LogP contribution < -0.4 is 10.5 Å². The molecule has 148 valence electrons. The number of phenolic OH excluding ortho intramolecular Hbond substituents is 1. The fourth-order valence-electron chi connectivity index (χ4n) is 6.39. The molecule has 4 heteroatoms. The first kappa shape index (κ1) is 17.9. The Labute approximate surface area is 166 Å². The van der Waals surface area contributed by atoms with E-state index in [9.17, 15) is 10.2 Å². The second-order valence-electron chi connectivity index (χ2n) is 9.24. The summed E-state index contributed by atoms with van der Waals surface area (Å²) in [6.07, 6.45) is 6.13. The Hall–Kier alpha value is -2.20. The molecule has 3 aliphatic carbocycles. The number of nitrogen functional groups attached to an aromatic ring is 1. The van der Waals surface area contributed by atoms with Crippen LogP contribution in [0, 0.1) is 17.3 Å². The third-order valence-corrected chi connectivity index (χ3v) is 7.83. The molecule has 0 unspecified atom stereocenters. The molecular formula is C24H29NO3. The van der Waals surface area contributed by atoms with Gasteiger partial charge in [0, 0.05) is 17.3 Å². The number of benzene rings is 2. The highest BCUT2D eigenvalue weighted by Gasteiger charge is 2.54. The molecule has 2 aromatic carbocycles. The molecule has 5 atom stereocenters. The van der Waals surface area contributed by atoms with Crippen molar-refractivity contribution < 1.29 is 14.9 Å². The van der Waals surface area contributed by atoms with E-state index in [1.807, 2.05) is 30.3 Å². The van der Waals surface area contributed by atoms with Crippen LogP contribution in [-0.2, 0) is 6.42 Å². The predicted molar refractivity (Wildman–Crippen MR) is 110 cm³/mol. The molecule has 2 aromatic rings. The average Bonchev–Trinajstić information content (AvgIpc) is 2.98. The van der Waals surface area contributed by atoms with E-state index >= 15 is 0 Å². The lowest BCUT2D eigenvalue weighted by molar-refractivity contribution is -0.0228. The Kier molecular flexibility index (Phi) is 4.09. The monoisotopic (exact) mass is 379 g/mol. The van der Waals surface area contributed by atoms with E-state index in [-0.39, 0.29) is 17.3 Å². The molecule has 0 aromatic heterocycles. The Morgan fingerprint density at radius 3 is 2.64 bits per heavy atom. The Bertz CT molecular complexity index is 893. The number of anilines is 1. The van der Waals surface area contributed by atoms with Gasteiger partial charge >= 0.3 is 0 Å². The summed E-state index contributed by atoms with van der Waals surface area (Å²) in [4.78, 5) is 0. The number of fused-ring (bicyclic) bond motifs is 5. The first-order valence-electron chi connectivity index (χ1n) is 10.5. The summed E-state index contributed by atoms with van der Waals surface area (Å²) in [6, 6.07) is 11.1. The number of aliphatic hydroxyl groups excluding tert-OH is 1. The van der Waals surface area contributed by atoms with Gasteiger partial charge in [0.05, 0.1) is 6.10 Å². The highest BCUT2D eigenvalue weighted by atomic mass is 16.5.